The van der Waals surface area contributed by atoms with Crippen molar-refractivity contribution in [1.82, 2.24) is 10.3 Å². The molecule has 4 nitrogen and oxygen atoms in total. The lowest BCUT2D eigenvalue weighted by Gasteiger charge is -2.15. The van der Waals surface area contributed by atoms with E-state index in [9.17, 15) is 4.79 Å². The highest BCUT2D eigenvalue weighted by Crippen LogP contribution is 2.08. The summed E-state index contributed by atoms with van der Waals surface area (Å²) in [6.45, 7) is 9.26. The average Bonchev–Trinajstić information content (AvgIpc) is 2.37. The zero-order valence-corrected chi connectivity index (χ0v) is 12.4. The normalized spacial score (nSPS) is 12.3. The third-order valence-electron chi connectivity index (χ3n) is 2.94. The van der Waals surface area contributed by atoms with Gasteiger partial charge in [-0.3, -0.25) is 4.79 Å². The van der Waals surface area contributed by atoms with Crippen LogP contribution in [0.1, 0.15) is 50.9 Å². The Morgan fingerprint density at radius 2 is 2.00 bits per heavy atom. The zero-order chi connectivity index (χ0) is 14.3. The van der Waals surface area contributed by atoms with Crippen molar-refractivity contribution in [3.05, 3.63) is 23.9 Å². The summed E-state index contributed by atoms with van der Waals surface area (Å²) in [5, 5.41) is 6.11. The molecule has 0 radical (unpaired) electrons. The largest absolute Gasteiger partial charge is 0.370 e. The highest BCUT2D eigenvalue weighted by Gasteiger charge is 2.10. The zero-order valence-electron chi connectivity index (χ0n) is 12.4. The number of hydrogen-bond donors (Lipinski definition) is 2. The molecule has 1 rings (SSSR count). The van der Waals surface area contributed by atoms with Crippen molar-refractivity contribution in [1.29, 1.82) is 0 Å². The van der Waals surface area contributed by atoms with Crippen molar-refractivity contribution in [2.75, 3.05) is 11.9 Å². The smallest absolute Gasteiger partial charge is 0.253 e. The van der Waals surface area contributed by atoms with Crippen LogP contribution in [0.15, 0.2) is 18.3 Å². The van der Waals surface area contributed by atoms with Crippen LogP contribution >= 0.6 is 0 Å². The highest BCUT2D eigenvalue weighted by atomic mass is 16.1. The molecular weight excluding hydrogens is 238 g/mol. The molecule has 4 heteroatoms. The van der Waals surface area contributed by atoms with Gasteiger partial charge in [-0.05, 0) is 44.7 Å². The molecule has 1 amide bonds. The first-order valence-electron chi connectivity index (χ1n) is 7.03. The van der Waals surface area contributed by atoms with Gasteiger partial charge in [-0.15, -0.1) is 0 Å². The first-order chi connectivity index (χ1) is 9.02. The molecule has 0 fully saturated rings. The molecule has 106 valence electrons. The molecule has 0 spiro atoms. The molecule has 0 saturated heterocycles. The Morgan fingerprint density at radius 3 is 2.53 bits per heavy atom. The number of aromatic nitrogens is 1. The first kappa shape index (κ1) is 15.5. The molecule has 1 heterocycles. The minimum atomic E-state index is -0.0493. The van der Waals surface area contributed by atoms with Crippen LogP contribution in [0.4, 0.5) is 5.82 Å². The van der Waals surface area contributed by atoms with E-state index in [1.54, 1.807) is 12.3 Å². The topological polar surface area (TPSA) is 54.0 Å². The fraction of sp³-hybridized carbons (Fsp3) is 0.600. The number of nitrogens with one attached hydrogen (secondary N) is 2. The monoisotopic (exact) mass is 263 g/mol. The van der Waals surface area contributed by atoms with Crippen molar-refractivity contribution >= 4 is 11.7 Å². The third-order valence-corrected chi connectivity index (χ3v) is 2.94. The lowest BCUT2D eigenvalue weighted by molar-refractivity contribution is 0.0937. The van der Waals surface area contributed by atoms with E-state index in [1.807, 2.05) is 19.9 Å². The number of rotatable bonds is 7. The molecule has 0 aromatic carbocycles. The molecule has 0 aliphatic heterocycles. The molecule has 0 aliphatic carbocycles. The van der Waals surface area contributed by atoms with E-state index in [4.69, 9.17) is 0 Å². The van der Waals surface area contributed by atoms with E-state index >= 15 is 0 Å². The maximum atomic E-state index is 12.0. The van der Waals surface area contributed by atoms with Gasteiger partial charge in [-0.25, -0.2) is 4.98 Å². The number of amides is 1. The van der Waals surface area contributed by atoms with Gasteiger partial charge in [0.25, 0.3) is 5.91 Å². The Bertz CT molecular complexity index is 387. The van der Waals surface area contributed by atoms with Gasteiger partial charge in [0.1, 0.15) is 5.82 Å². The molecule has 0 bridgehead atoms. The second-order valence-electron chi connectivity index (χ2n) is 5.31. The fourth-order valence-corrected chi connectivity index (χ4v) is 1.78. The Labute approximate surface area is 116 Å². The summed E-state index contributed by atoms with van der Waals surface area (Å²) in [6, 6.07) is 3.83. The van der Waals surface area contributed by atoms with Crippen molar-refractivity contribution < 1.29 is 4.79 Å². The van der Waals surface area contributed by atoms with Crippen molar-refractivity contribution in [3.63, 3.8) is 0 Å². The van der Waals surface area contributed by atoms with E-state index in [0.29, 0.717) is 11.5 Å². The molecular formula is C15H25N3O. The van der Waals surface area contributed by atoms with E-state index < -0.39 is 0 Å². The second-order valence-corrected chi connectivity index (χ2v) is 5.31. The Kier molecular flexibility index (Phi) is 6.33. The molecule has 0 aliphatic rings. The van der Waals surface area contributed by atoms with Gasteiger partial charge in [-0.2, -0.15) is 0 Å². The van der Waals surface area contributed by atoms with Crippen molar-refractivity contribution in [3.8, 4) is 0 Å². The summed E-state index contributed by atoms with van der Waals surface area (Å²) in [5.74, 6) is 1.42. The van der Waals surface area contributed by atoms with Crippen LogP contribution in [0.3, 0.4) is 0 Å². The van der Waals surface area contributed by atoms with Crippen LogP contribution in [0.5, 0.6) is 0 Å². The van der Waals surface area contributed by atoms with E-state index in [0.717, 1.165) is 25.2 Å². The van der Waals surface area contributed by atoms with Gasteiger partial charge in [0.05, 0.1) is 5.56 Å². The standard InChI is InChI=1S/C15H25N3O/c1-5-16-14-9-8-13(10-17-14)15(19)18-12(4)7-6-11(2)3/h8-12H,5-7H2,1-4H3,(H,16,17)(H,18,19). The average molecular weight is 263 g/mol. The van der Waals surface area contributed by atoms with Crippen LogP contribution in [0.25, 0.3) is 0 Å². The molecule has 19 heavy (non-hydrogen) atoms. The van der Waals surface area contributed by atoms with Crippen LogP contribution in [-0.4, -0.2) is 23.5 Å². The predicted molar refractivity (Wildman–Crippen MR) is 79.4 cm³/mol. The maximum Gasteiger partial charge on any atom is 0.253 e. The molecule has 1 atom stereocenters. The number of carbonyl (C=O) groups is 1. The van der Waals surface area contributed by atoms with Crippen molar-refractivity contribution in [2.24, 2.45) is 5.92 Å². The van der Waals surface area contributed by atoms with E-state index in [1.165, 1.54) is 0 Å². The molecule has 1 aromatic heterocycles. The quantitative estimate of drug-likeness (QED) is 0.795. The third kappa shape index (κ3) is 5.73. The summed E-state index contributed by atoms with van der Waals surface area (Å²) in [5.41, 5.74) is 0.609. The number of pyridine rings is 1. The van der Waals surface area contributed by atoms with Crippen LogP contribution in [-0.2, 0) is 0 Å². The lowest BCUT2D eigenvalue weighted by Crippen LogP contribution is -2.32. The van der Waals surface area contributed by atoms with Gasteiger partial charge in [0, 0.05) is 18.8 Å². The maximum absolute atomic E-state index is 12.0. The van der Waals surface area contributed by atoms with Crippen LogP contribution < -0.4 is 10.6 Å². The summed E-state index contributed by atoms with van der Waals surface area (Å²) in [4.78, 5) is 16.2. The Morgan fingerprint density at radius 1 is 1.26 bits per heavy atom. The van der Waals surface area contributed by atoms with Gasteiger partial charge < -0.3 is 10.6 Å². The van der Waals surface area contributed by atoms with E-state index in [-0.39, 0.29) is 11.9 Å². The summed E-state index contributed by atoms with van der Waals surface area (Å²) >= 11 is 0. The molecule has 1 unspecified atom stereocenters. The molecule has 1 aromatic rings. The summed E-state index contributed by atoms with van der Waals surface area (Å²) in [6.07, 6.45) is 3.74. The minimum Gasteiger partial charge on any atom is -0.370 e. The SMILES string of the molecule is CCNc1ccc(C(=O)NC(C)CCC(C)C)cn1. The van der Waals surface area contributed by atoms with Gasteiger partial charge in [0.15, 0.2) is 0 Å². The Balaban J connectivity index is 2.48. The van der Waals surface area contributed by atoms with E-state index in [2.05, 4.69) is 29.5 Å². The number of anilines is 1. The van der Waals surface area contributed by atoms with Crippen LogP contribution in [0, 0.1) is 5.92 Å². The molecule has 2 N–H and O–H groups in total. The molecule has 0 saturated carbocycles. The van der Waals surface area contributed by atoms with Gasteiger partial charge in [-0.1, -0.05) is 13.8 Å². The number of nitrogens with zero attached hydrogens (tertiary/aromatic N) is 1. The van der Waals surface area contributed by atoms with Crippen LogP contribution in [0.2, 0.25) is 0 Å². The lowest BCUT2D eigenvalue weighted by atomic mass is 10.0. The highest BCUT2D eigenvalue weighted by molar-refractivity contribution is 5.94. The van der Waals surface area contributed by atoms with Gasteiger partial charge >= 0.3 is 0 Å². The van der Waals surface area contributed by atoms with Crippen molar-refractivity contribution in [2.45, 2.75) is 46.6 Å². The van der Waals surface area contributed by atoms with Gasteiger partial charge in [0.2, 0.25) is 0 Å². The second kappa shape index (κ2) is 7.77. The predicted octanol–water partition coefficient (Wildman–Crippen LogP) is 3.07. The minimum absolute atomic E-state index is 0.0493. The number of hydrogen-bond acceptors (Lipinski definition) is 3. The fourth-order valence-electron chi connectivity index (χ4n) is 1.78. The Hall–Kier alpha value is -1.58. The number of carbonyl (C=O) groups excluding carboxylic acids is 1. The summed E-state index contributed by atoms with van der Waals surface area (Å²) in [7, 11) is 0. The summed E-state index contributed by atoms with van der Waals surface area (Å²) < 4.78 is 0. The first-order valence-corrected chi connectivity index (χ1v) is 7.03.